The minimum Gasteiger partial charge on any atom is -0.444 e. The van der Waals surface area contributed by atoms with E-state index in [1.807, 2.05) is 52.8 Å². The molecule has 2 atom stereocenters. The van der Waals surface area contributed by atoms with Crippen molar-refractivity contribution >= 4 is 15.8 Å². The average Bonchev–Trinajstić information content (AvgIpc) is 2.42. The number of amides is 1. The van der Waals surface area contributed by atoms with Crippen LogP contribution in [0.15, 0.2) is 39.6 Å². The summed E-state index contributed by atoms with van der Waals surface area (Å²) in [7, 11) is -2.48. The molecule has 1 amide bonds. The largest absolute Gasteiger partial charge is 0.444 e. The van der Waals surface area contributed by atoms with Crippen LogP contribution in [0.5, 0.6) is 0 Å². The summed E-state index contributed by atoms with van der Waals surface area (Å²) in [4.78, 5) is 12.6. The number of carbonyl (C=O) groups is 1. The molecule has 23 heavy (non-hydrogen) atoms. The predicted molar refractivity (Wildman–Crippen MR) is 94.1 cm³/mol. The number of ether oxygens (including phenoxy) is 1. The molecule has 130 valence electrons. The summed E-state index contributed by atoms with van der Waals surface area (Å²) in [6.45, 7) is 9.69. The third-order valence-corrected chi connectivity index (χ3v) is 4.99. The fraction of sp³-hybridized carbons (Fsp3) is 0.588. The Morgan fingerprint density at radius 2 is 1.83 bits per heavy atom. The number of alkyl carbamates (subject to hydrolysis) is 1. The molecule has 0 heterocycles. The highest BCUT2D eigenvalue weighted by atomic mass is 32.2. The van der Waals surface area contributed by atoms with Crippen LogP contribution in [0.4, 0.5) is 4.79 Å². The molecular formula is C17H28N2O3S. The van der Waals surface area contributed by atoms with Gasteiger partial charge in [0.25, 0.3) is 0 Å². The van der Waals surface area contributed by atoms with Crippen LogP contribution in [0.2, 0.25) is 0 Å². The quantitative estimate of drug-likeness (QED) is 0.889. The van der Waals surface area contributed by atoms with Crippen LogP contribution in [0.3, 0.4) is 0 Å². The fourth-order valence-electron chi connectivity index (χ4n) is 1.85. The van der Waals surface area contributed by atoms with Crippen molar-refractivity contribution in [2.24, 2.45) is 10.3 Å². The predicted octanol–water partition coefficient (Wildman–Crippen LogP) is 3.69. The van der Waals surface area contributed by atoms with E-state index in [9.17, 15) is 9.00 Å². The van der Waals surface area contributed by atoms with Crippen LogP contribution < -0.4 is 5.32 Å². The summed E-state index contributed by atoms with van der Waals surface area (Å²) in [5.74, 6) is 0.150. The van der Waals surface area contributed by atoms with E-state index in [1.54, 1.807) is 18.4 Å². The van der Waals surface area contributed by atoms with E-state index >= 15 is 0 Å². The Bertz CT molecular complexity index is 627. The molecule has 0 saturated heterocycles. The Labute approximate surface area is 140 Å². The minimum atomic E-state index is -2.48. The Balaban J connectivity index is 2.83. The number of benzene rings is 1. The van der Waals surface area contributed by atoms with E-state index in [0.29, 0.717) is 4.90 Å². The van der Waals surface area contributed by atoms with Crippen molar-refractivity contribution in [3.05, 3.63) is 30.3 Å². The minimum absolute atomic E-state index is 0.150. The topological polar surface area (TPSA) is 67.8 Å². The molecule has 1 rings (SSSR count). The van der Waals surface area contributed by atoms with Crippen LogP contribution in [-0.4, -0.2) is 34.7 Å². The highest BCUT2D eigenvalue weighted by Crippen LogP contribution is 2.13. The summed E-state index contributed by atoms with van der Waals surface area (Å²) < 4.78 is 22.3. The summed E-state index contributed by atoms with van der Waals surface area (Å²) in [5.41, 5.74) is -0.551. The molecule has 0 saturated carbocycles. The molecular weight excluding hydrogens is 312 g/mol. The first-order valence-electron chi connectivity index (χ1n) is 7.74. The van der Waals surface area contributed by atoms with Gasteiger partial charge in [-0.1, -0.05) is 32.0 Å². The number of nitrogens with one attached hydrogen (secondary N) is 1. The van der Waals surface area contributed by atoms with Crippen LogP contribution in [0.1, 0.15) is 34.6 Å². The molecule has 1 N–H and O–H groups in total. The second kappa shape index (κ2) is 7.81. The van der Waals surface area contributed by atoms with Gasteiger partial charge in [0, 0.05) is 11.2 Å². The summed E-state index contributed by atoms with van der Waals surface area (Å²) in [6.07, 6.45) is 1.14. The molecule has 0 radical (unpaired) electrons. The van der Waals surface area contributed by atoms with Crippen molar-refractivity contribution in [3.8, 4) is 0 Å². The van der Waals surface area contributed by atoms with Gasteiger partial charge in [-0.25, -0.2) is 13.4 Å². The fourth-order valence-corrected chi connectivity index (χ4v) is 3.11. The Morgan fingerprint density at radius 3 is 2.30 bits per heavy atom. The third kappa shape index (κ3) is 7.03. The molecule has 0 spiro atoms. The van der Waals surface area contributed by atoms with Gasteiger partial charge in [0.15, 0.2) is 0 Å². The molecule has 6 heteroatoms. The van der Waals surface area contributed by atoms with Crippen molar-refractivity contribution in [3.63, 3.8) is 0 Å². The molecule has 0 aliphatic rings. The SMILES string of the molecule is CC(C)[C@H](CN=S(C)(=O)c1ccccc1)NC(=O)OC(C)(C)C. The van der Waals surface area contributed by atoms with Crippen LogP contribution in [-0.2, 0) is 14.5 Å². The number of nitrogens with zero attached hydrogens (tertiary/aromatic N) is 1. The number of hydrogen-bond acceptors (Lipinski definition) is 4. The van der Waals surface area contributed by atoms with Crippen molar-refractivity contribution < 1.29 is 13.7 Å². The van der Waals surface area contributed by atoms with Gasteiger partial charge in [-0.05, 0) is 38.8 Å². The molecule has 1 unspecified atom stereocenters. The molecule has 0 bridgehead atoms. The molecule has 0 aliphatic carbocycles. The van der Waals surface area contributed by atoms with Crippen molar-refractivity contribution in [2.45, 2.75) is 51.2 Å². The van der Waals surface area contributed by atoms with E-state index < -0.39 is 21.4 Å². The van der Waals surface area contributed by atoms with E-state index in [-0.39, 0.29) is 18.5 Å². The molecule has 0 aliphatic heterocycles. The van der Waals surface area contributed by atoms with E-state index in [4.69, 9.17) is 4.74 Å². The smallest absolute Gasteiger partial charge is 0.407 e. The molecule has 5 nitrogen and oxygen atoms in total. The first-order chi connectivity index (χ1) is 10.5. The zero-order valence-electron chi connectivity index (χ0n) is 14.8. The maximum absolute atomic E-state index is 12.7. The summed E-state index contributed by atoms with van der Waals surface area (Å²) in [5, 5.41) is 2.82. The molecule has 0 fully saturated rings. The lowest BCUT2D eigenvalue weighted by atomic mass is 10.1. The van der Waals surface area contributed by atoms with Gasteiger partial charge in [0.05, 0.1) is 22.3 Å². The Hall–Kier alpha value is -1.56. The Morgan fingerprint density at radius 1 is 1.26 bits per heavy atom. The first kappa shape index (κ1) is 19.5. The second-order valence-electron chi connectivity index (χ2n) is 6.92. The Kier molecular flexibility index (Phi) is 6.62. The van der Waals surface area contributed by atoms with Crippen molar-refractivity contribution in [1.29, 1.82) is 0 Å². The van der Waals surface area contributed by atoms with Crippen molar-refractivity contribution in [1.82, 2.24) is 5.32 Å². The van der Waals surface area contributed by atoms with E-state index in [0.717, 1.165) is 0 Å². The lowest BCUT2D eigenvalue weighted by Gasteiger charge is -2.25. The van der Waals surface area contributed by atoms with Gasteiger partial charge in [-0.3, -0.25) is 0 Å². The second-order valence-corrected chi connectivity index (χ2v) is 9.26. The van der Waals surface area contributed by atoms with Gasteiger partial charge < -0.3 is 10.1 Å². The molecule has 0 aromatic heterocycles. The monoisotopic (exact) mass is 340 g/mol. The van der Waals surface area contributed by atoms with E-state index in [2.05, 4.69) is 9.68 Å². The van der Waals surface area contributed by atoms with Gasteiger partial charge in [0.2, 0.25) is 0 Å². The average molecular weight is 340 g/mol. The first-order valence-corrected chi connectivity index (χ1v) is 9.66. The van der Waals surface area contributed by atoms with Gasteiger partial charge in [0.1, 0.15) is 5.60 Å². The summed E-state index contributed by atoms with van der Waals surface area (Å²) >= 11 is 0. The van der Waals surface area contributed by atoms with Gasteiger partial charge >= 0.3 is 6.09 Å². The molecule has 1 aromatic rings. The van der Waals surface area contributed by atoms with Crippen LogP contribution in [0.25, 0.3) is 0 Å². The molecule has 1 aromatic carbocycles. The van der Waals surface area contributed by atoms with E-state index in [1.165, 1.54) is 0 Å². The summed E-state index contributed by atoms with van der Waals surface area (Å²) in [6, 6.07) is 8.93. The van der Waals surface area contributed by atoms with Crippen molar-refractivity contribution in [2.75, 3.05) is 12.8 Å². The van der Waals surface area contributed by atoms with Crippen LogP contribution >= 0.6 is 0 Å². The lowest BCUT2D eigenvalue weighted by molar-refractivity contribution is 0.0493. The van der Waals surface area contributed by atoms with Gasteiger partial charge in [-0.2, -0.15) is 0 Å². The lowest BCUT2D eigenvalue weighted by Crippen LogP contribution is -2.43. The highest BCUT2D eigenvalue weighted by Gasteiger charge is 2.21. The highest BCUT2D eigenvalue weighted by molar-refractivity contribution is 7.93. The zero-order valence-corrected chi connectivity index (χ0v) is 15.6. The maximum Gasteiger partial charge on any atom is 0.407 e. The number of carbonyl (C=O) groups excluding carboxylic acids is 1. The number of rotatable bonds is 5. The number of hydrogen-bond donors (Lipinski definition) is 1. The van der Waals surface area contributed by atoms with Gasteiger partial charge in [-0.15, -0.1) is 0 Å². The third-order valence-electron chi connectivity index (χ3n) is 3.20. The maximum atomic E-state index is 12.7. The normalized spacial score (nSPS) is 15.6. The standard InChI is InChI=1S/C17H28N2O3S/c1-13(2)15(19-16(20)22-17(3,4)5)12-18-23(6,21)14-10-8-7-9-11-14/h7-11,13,15H,12H2,1-6H3,(H,19,20)/t15-,23?/m0/s1. The zero-order chi connectivity index (χ0) is 17.7. The van der Waals surface area contributed by atoms with Crippen LogP contribution in [0, 0.1) is 5.92 Å².